The lowest BCUT2D eigenvalue weighted by Crippen LogP contribution is -2.32. The second-order valence-corrected chi connectivity index (χ2v) is 7.51. The average molecular weight is 405 g/mol. The van der Waals surface area contributed by atoms with Gasteiger partial charge < -0.3 is 15.6 Å². The Bertz CT molecular complexity index is 1130. The second kappa shape index (κ2) is 8.38. The van der Waals surface area contributed by atoms with E-state index in [1.807, 2.05) is 60.0 Å². The van der Waals surface area contributed by atoms with E-state index in [1.165, 1.54) is 6.33 Å². The van der Waals surface area contributed by atoms with Gasteiger partial charge >= 0.3 is 5.97 Å². The third-order valence-corrected chi connectivity index (χ3v) is 5.53. The number of hydrogen-bond acceptors (Lipinski definition) is 6. The number of benzene rings is 2. The summed E-state index contributed by atoms with van der Waals surface area (Å²) in [6.07, 6.45) is 1.80. The quantitative estimate of drug-likeness (QED) is 0.484. The fraction of sp³-hybridized carbons (Fsp3) is 0.136. The van der Waals surface area contributed by atoms with E-state index in [9.17, 15) is 4.79 Å². The number of carbonyl (C=O) groups is 1. The van der Waals surface area contributed by atoms with Crippen molar-refractivity contribution < 1.29 is 14.6 Å². The molecule has 0 aliphatic heterocycles. The third-order valence-electron chi connectivity index (χ3n) is 4.58. The van der Waals surface area contributed by atoms with E-state index in [-0.39, 0.29) is 0 Å². The van der Waals surface area contributed by atoms with Gasteiger partial charge in [0, 0.05) is 10.9 Å². The zero-order valence-corrected chi connectivity index (χ0v) is 16.3. The average Bonchev–Trinajstić information content (AvgIpc) is 3.18. The van der Waals surface area contributed by atoms with Crippen molar-refractivity contribution in [2.24, 2.45) is 5.73 Å². The van der Waals surface area contributed by atoms with E-state index in [1.54, 1.807) is 11.3 Å². The van der Waals surface area contributed by atoms with Gasteiger partial charge in [-0.25, -0.2) is 9.97 Å². The summed E-state index contributed by atoms with van der Waals surface area (Å²) in [7, 11) is 0. The number of nitrogens with two attached hydrogens (primary N) is 1. The Labute approximate surface area is 171 Å². The van der Waals surface area contributed by atoms with Crippen LogP contribution in [0.5, 0.6) is 5.88 Å². The lowest BCUT2D eigenvalue weighted by molar-refractivity contribution is -0.138. The molecule has 0 fully saturated rings. The van der Waals surface area contributed by atoms with Gasteiger partial charge in [0.2, 0.25) is 5.88 Å². The summed E-state index contributed by atoms with van der Waals surface area (Å²) in [4.78, 5) is 19.7. The van der Waals surface area contributed by atoms with Gasteiger partial charge in [0.1, 0.15) is 23.7 Å². The highest BCUT2D eigenvalue weighted by Gasteiger charge is 2.15. The number of rotatable bonds is 7. The smallest absolute Gasteiger partial charge is 0.320 e. The Morgan fingerprint density at radius 2 is 1.83 bits per heavy atom. The molecule has 4 aromatic rings. The van der Waals surface area contributed by atoms with Crippen LogP contribution < -0.4 is 10.5 Å². The summed E-state index contributed by atoms with van der Waals surface area (Å²) < 4.78 is 6.83. The highest BCUT2D eigenvalue weighted by molar-refractivity contribution is 7.18. The number of ether oxygens (including phenoxy) is 1. The Balaban J connectivity index is 1.56. The molecule has 0 aliphatic carbocycles. The Morgan fingerprint density at radius 1 is 1.07 bits per heavy atom. The van der Waals surface area contributed by atoms with Gasteiger partial charge in [0.05, 0.1) is 5.52 Å². The molecule has 4 rings (SSSR count). The van der Waals surface area contributed by atoms with Crippen LogP contribution in [0.25, 0.3) is 21.3 Å². The molecule has 146 valence electrons. The Kier molecular flexibility index (Phi) is 5.50. The highest BCUT2D eigenvalue weighted by atomic mass is 32.1. The van der Waals surface area contributed by atoms with E-state index < -0.39 is 12.0 Å². The van der Waals surface area contributed by atoms with E-state index in [0.29, 0.717) is 18.9 Å². The number of hydrogen-bond donors (Lipinski definition) is 2. The molecule has 6 nitrogen and oxygen atoms in total. The first-order valence-electron chi connectivity index (χ1n) is 9.08. The molecule has 29 heavy (non-hydrogen) atoms. The van der Waals surface area contributed by atoms with Gasteiger partial charge in [-0.15, -0.1) is 11.3 Å². The molecule has 3 N–H and O–H groups in total. The van der Waals surface area contributed by atoms with Crippen molar-refractivity contribution in [1.29, 1.82) is 0 Å². The largest absolute Gasteiger partial charge is 0.480 e. The van der Waals surface area contributed by atoms with Crippen molar-refractivity contribution in [3.8, 4) is 17.0 Å². The highest BCUT2D eigenvalue weighted by Crippen LogP contribution is 2.36. The first-order chi connectivity index (χ1) is 14.1. The molecule has 0 aliphatic rings. The van der Waals surface area contributed by atoms with Gasteiger partial charge in [-0.2, -0.15) is 0 Å². The Morgan fingerprint density at radius 3 is 2.55 bits per heavy atom. The van der Waals surface area contributed by atoms with Crippen LogP contribution in [0.4, 0.5) is 0 Å². The number of aliphatic carboxylic acids is 1. The van der Waals surface area contributed by atoms with E-state index in [2.05, 4.69) is 9.97 Å². The molecular formula is C22H19N3O3S. The SMILES string of the molecule is N[C@@H](Cc1ccc(-c2csc3c(OCc4ccccc4)ncnc23)cc1)C(=O)O. The molecule has 0 unspecified atom stereocenters. The molecule has 0 saturated carbocycles. The van der Waals surface area contributed by atoms with Crippen LogP contribution in [-0.4, -0.2) is 27.1 Å². The predicted molar refractivity (Wildman–Crippen MR) is 113 cm³/mol. The number of thiophene rings is 1. The van der Waals surface area contributed by atoms with Crippen molar-refractivity contribution in [3.63, 3.8) is 0 Å². The normalized spacial score (nSPS) is 12.0. The molecule has 2 aromatic carbocycles. The third kappa shape index (κ3) is 4.26. The fourth-order valence-corrected chi connectivity index (χ4v) is 3.99. The molecule has 0 saturated heterocycles. The maximum Gasteiger partial charge on any atom is 0.320 e. The summed E-state index contributed by atoms with van der Waals surface area (Å²) >= 11 is 1.54. The van der Waals surface area contributed by atoms with Crippen LogP contribution in [0.2, 0.25) is 0 Å². The molecule has 2 aromatic heterocycles. The van der Waals surface area contributed by atoms with Gasteiger partial charge in [-0.3, -0.25) is 4.79 Å². The summed E-state index contributed by atoms with van der Waals surface area (Å²) in [5, 5.41) is 11.0. The minimum atomic E-state index is -1.00. The van der Waals surface area contributed by atoms with E-state index >= 15 is 0 Å². The molecule has 2 heterocycles. The number of carboxylic acid groups (broad SMARTS) is 1. The van der Waals surface area contributed by atoms with E-state index in [0.717, 1.165) is 32.5 Å². The zero-order valence-electron chi connectivity index (χ0n) is 15.5. The van der Waals surface area contributed by atoms with E-state index in [4.69, 9.17) is 15.6 Å². The fourth-order valence-electron chi connectivity index (χ4n) is 3.02. The molecule has 1 atom stereocenters. The topological polar surface area (TPSA) is 98.3 Å². The molecule has 0 radical (unpaired) electrons. The van der Waals surface area contributed by atoms with Crippen molar-refractivity contribution >= 4 is 27.5 Å². The summed E-state index contributed by atoms with van der Waals surface area (Å²) in [6, 6.07) is 16.8. The summed E-state index contributed by atoms with van der Waals surface area (Å²) in [6.45, 7) is 0.443. The molecular weight excluding hydrogens is 386 g/mol. The number of nitrogens with zero attached hydrogens (tertiary/aromatic N) is 2. The maximum absolute atomic E-state index is 10.9. The molecule has 0 bridgehead atoms. The van der Waals surface area contributed by atoms with Gasteiger partial charge in [-0.1, -0.05) is 54.6 Å². The lowest BCUT2D eigenvalue weighted by atomic mass is 10.0. The van der Waals surface area contributed by atoms with Crippen LogP contribution in [0.1, 0.15) is 11.1 Å². The van der Waals surface area contributed by atoms with Crippen LogP contribution >= 0.6 is 11.3 Å². The lowest BCUT2D eigenvalue weighted by Gasteiger charge is -2.08. The monoisotopic (exact) mass is 405 g/mol. The Hall–Kier alpha value is -3.29. The first-order valence-corrected chi connectivity index (χ1v) is 9.96. The minimum absolute atomic E-state index is 0.291. The van der Waals surface area contributed by atoms with Crippen LogP contribution in [0.3, 0.4) is 0 Å². The van der Waals surface area contributed by atoms with Gasteiger partial charge in [-0.05, 0) is 23.1 Å². The number of fused-ring (bicyclic) bond motifs is 1. The van der Waals surface area contributed by atoms with Gasteiger partial charge in [0.25, 0.3) is 0 Å². The van der Waals surface area contributed by atoms with Crippen molar-refractivity contribution in [2.75, 3.05) is 0 Å². The van der Waals surface area contributed by atoms with Crippen LogP contribution in [0, 0.1) is 0 Å². The van der Waals surface area contributed by atoms with Crippen LogP contribution in [0.15, 0.2) is 66.3 Å². The van der Waals surface area contributed by atoms with Crippen molar-refractivity contribution in [2.45, 2.75) is 19.1 Å². The predicted octanol–water partition coefficient (Wildman–Crippen LogP) is 3.89. The van der Waals surface area contributed by atoms with Gasteiger partial charge in [0.15, 0.2) is 0 Å². The van der Waals surface area contributed by atoms with Crippen molar-refractivity contribution in [3.05, 3.63) is 77.4 Å². The van der Waals surface area contributed by atoms with Crippen LogP contribution in [-0.2, 0) is 17.8 Å². The number of aromatic nitrogens is 2. The zero-order chi connectivity index (χ0) is 20.2. The standard InChI is InChI=1S/C22H19N3O3S/c23-18(22(26)27)10-14-6-8-16(9-7-14)17-12-29-20-19(17)24-13-25-21(20)28-11-15-4-2-1-3-5-15/h1-9,12-13,18H,10-11,23H2,(H,26,27)/t18-/m0/s1. The maximum atomic E-state index is 10.9. The molecule has 7 heteroatoms. The number of carboxylic acids is 1. The summed E-state index contributed by atoms with van der Waals surface area (Å²) in [5.74, 6) is -0.434. The molecule has 0 amide bonds. The molecule has 0 spiro atoms. The van der Waals surface area contributed by atoms with Crippen molar-refractivity contribution in [1.82, 2.24) is 9.97 Å². The second-order valence-electron chi connectivity index (χ2n) is 6.63. The first kappa shape index (κ1) is 19.0. The summed E-state index contributed by atoms with van der Waals surface area (Å²) in [5.41, 5.74) is 10.4. The minimum Gasteiger partial charge on any atom is -0.480 e.